The van der Waals surface area contributed by atoms with E-state index in [9.17, 15) is 8.42 Å². The Kier molecular flexibility index (Phi) is 4.58. The van der Waals surface area contributed by atoms with E-state index in [1.807, 2.05) is 0 Å². The third-order valence-corrected chi connectivity index (χ3v) is 6.04. The summed E-state index contributed by atoms with van der Waals surface area (Å²) in [5, 5.41) is 0. The molecule has 0 amide bonds. The van der Waals surface area contributed by atoms with Gasteiger partial charge in [-0.2, -0.15) is 0 Å². The number of nitrogens with zero attached hydrogens (tertiary/aromatic N) is 1. The Labute approximate surface area is 117 Å². The van der Waals surface area contributed by atoms with Crippen molar-refractivity contribution in [3.63, 3.8) is 0 Å². The fraction of sp³-hybridized carbons (Fsp3) is 1.00. The van der Waals surface area contributed by atoms with Gasteiger partial charge >= 0.3 is 0 Å². The largest absolute Gasteiger partial charge is 0.325 e. The molecular weight excluding hydrogens is 260 g/mol. The minimum Gasteiger partial charge on any atom is -0.325 e. The molecule has 5 heteroatoms. The lowest BCUT2D eigenvalue weighted by molar-refractivity contribution is 0.161. The third kappa shape index (κ3) is 4.17. The van der Waals surface area contributed by atoms with Crippen LogP contribution in [-0.4, -0.2) is 37.6 Å². The minimum absolute atomic E-state index is 0.0527. The highest BCUT2D eigenvalue weighted by atomic mass is 32.2. The van der Waals surface area contributed by atoms with Gasteiger partial charge in [0.25, 0.3) is 0 Å². The van der Waals surface area contributed by atoms with Gasteiger partial charge in [-0.3, -0.25) is 0 Å². The van der Waals surface area contributed by atoms with Crippen molar-refractivity contribution in [1.82, 2.24) is 4.31 Å². The van der Waals surface area contributed by atoms with Crippen molar-refractivity contribution >= 4 is 10.0 Å². The van der Waals surface area contributed by atoms with Crippen molar-refractivity contribution in [3.8, 4) is 0 Å². The Morgan fingerprint density at radius 3 is 2.68 bits per heavy atom. The highest BCUT2D eigenvalue weighted by Gasteiger charge is 2.35. The summed E-state index contributed by atoms with van der Waals surface area (Å²) in [7, 11) is -3.04. The van der Waals surface area contributed by atoms with Crippen LogP contribution in [0.5, 0.6) is 0 Å². The summed E-state index contributed by atoms with van der Waals surface area (Å²) in [4.78, 5) is 0. The lowest BCUT2D eigenvalue weighted by atomic mass is 9.72. The van der Waals surface area contributed by atoms with Crippen molar-refractivity contribution in [2.45, 2.75) is 57.4 Å². The molecule has 1 saturated heterocycles. The first-order valence-electron chi connectivity index (χ1n) is 7.52. The predicted octanol–water partition coefficient (Wildman–Crippen LogP) is 1.96. The molecule has 0 radical (unpaired) electrons. The van der Waals surface area contributed by atoms with Crippen LogP contribution in [-0.2, 0) is 10.0 Å². The highest BCUT2D eigenvalue weighted by Crippen LogP contribution is 2.36. The number of nitrogens with two attached hydrogens (primary N) is 1. The molecule has 2 rings (SSSR count). The molecule has 0 bridgehead atoms. The van der Waals surface area contributed by atoms with Gasteiger partial charge in [-0.15, -0.1) is 0 Å². The van der Waals surface area contributed by atoms with Crippen LogP contribution in [0.1, 0.15) is 51.9 Å². The second-order valence-corrected chi connectivity index (χ2v) is 8.88. The van der Waals surface area contributed by atoms with Crippen LogP contribution >= 0.6 is 0 Å². The van der Waals surface area contributed by atoms with Gasteiger partial charge in [-0.05, 0) is 43.9 Å². The lowest BCUT2D eigenvalue weighted by Gasteiger charge is -2.41. The van der Waals surface area contributed by atoms with E-state index in [0.29, 0.717) is 24.9 Å². The Bertz CT molecular complexity index is 410. The molecule has 112 valence electrons. The van der Waals surface area contributed by atoms with E-state index in [4.69, 9.17) is 5.73 Å². The molecule has 1 saturated carbocycles. The van der Waals surface area contributed by atoms with Gasteiger partial charge in [0.15, 0.2) is 0 Å². The van der Waals surface area contributed by atoms with E-state index in [2.05, 4.69) is 6.92 Å². The molecule has 3 unspecified atom stereocenters. The Morgan fingerprint density at radius 2 is 2.05 bits per heavy atom. The van der Waals surface area contributed by atoms with Gasteiger partial charge in [0.05, 0.1) is 6.26 Å². The van der Waals surface area contributed by atoms with Gasteiger partial charge in [-0.1, -0.05) is 19.8 Å². The highest BCUT2D eigenvalue weighted by molar-refractivity contribution is 7.88. The molecule has 0 spiro atoms. The van der Waals surface area contributed by atoms with Crippen LogP contribution in [0.15, 0.2) is 0 Å². The summed E-state index contributed by atoms with van der Waals surface area (Å²) in [5.41, 5.74) is 6.51. The number of sulfonamides is 1. The summed E-state index contributed by atoms with van der Waals surface area (Å²) in [5.74, 6) is 1.16. The molecular formula is C14H28N2O2S. The van der Waals surface area contributed by atoms with E-state index in [-0.39, 0.29) is 5.54 Å². The molecule has 2 aliphatic rings. The predicted molar refractivity (Wildman–Crippen MR) is 78.3 cm³/mol. The molecule has 0 aromatic heterocycles. The zero-order valence-corrected chi connectivity index (χ0v) is 13.1. The zero-order valence-electron chi connectivity index (χ0n) is 12.3. The summed E-state index contributed by atoms with van der Waals surface area (Å²) in [6.45, 7) is 3.64. The first-order valence-corrected chi connectivity index (χ1v) is 9.37. The van der Waals surface area contributed by atoms with E-state index in [1.165, 1.54) is 19.1 Å². The molecule has 19 heavy (non-hydrogen) atoms. The van der Waals surface area contributed by atoms with Crippen molar-refractivity contribution in [2.75, 3.05) is 19.3 Å². The summed E-state index contributed by atoms with van der Waals surface area (Å²) in [6, 6.07) is 0. The van der Waals surface area contributed by atoms with Crippen molar-refractivity contribution in [3.05, 3.63) is 0 Å². The monoisotopic (exact) mass is 288 g/mol. The average molecular weight is 288 g/mol. The first kappa shape index (κ1) is 15.3. The average Bonchev–Trinajstić information content (AvgIpc) is 2.27. The zero-order chi connectivity index (χ0) is 14.1. The molecule has 1 heterocycles. The molecule has 0 aromatic carbocycles. The maximum absolute atomic E-state index is 11.7. The summed E-state index contributed by atoms with van der Waals surface area (Å²) in [6.07, 6.45) is 9.12. The molecule has 0 aromatic rings. The second kappa shape index (κ2) is 5.70. The van der Waals surface area contributed by atoms with E-state index in [0.717, 1.165) is 32.1 Å². The van der Waals surface area contributed by atoms with Crippen molar-refractivity contribution < 1.29 is 8.42 Å². The maximum Gasteiger partial charge on any atom is 0.211 e. The normalized spacial score (nSPS) is 38.3. The fourth-order valence-corrected chi connectivity index (χ4v) is 4.90. The number of hydrogen-bond donors (Lipinski definition) is 1. The Morgan fingerprint density at radius 1 is 1.32 bits per heavy atom. The fourth-order valence-electron chi connectivity index (χ4n) is 3.96. The standard InChI is InChI=1S/C14H28N2O2S/c1-12-5-3-7-14(15,9-12)10-13-6-4-8-16(11-13)19(2,17)18/h12-13H,3-11,15H2,1-2H3. The first-order chi connectivity index (χ1) is 8.78. The van der Waals surface area contributed by atoms with Gasteiger partial charge in [0, 0.05) is 18.6 Å². The molecule has 3 atom stereocenters. The Hall–Kier alpha value is -0.130. The molecule has 1 aliphatic carbocycles. The quantitative estimate of drug-likeness (QED) is 0.863. The van der Waals surface area contributed by atoms with Crippen LogP contribution in [0, 0.1) is 11.8 Å². The Balaban J connectivity index is 1.95. The molecule has 2 N–H and O–H groups in total. The van der Waals surface area contributed by atoms with Crippen molar-refractivity contribution in [1.29, 1.82) is 0 Å². The van der Waals surface area contributed by atoms with Crippen LogP contribution < -0.4 is 5.73 Å². The van der Waals surface area contributed by atoms with E-state index in [1.54, 1.807) is 4.31 Å². The summed E-state index contributed by atoms with van der Waals surface area (Å²) < 4.78 is 24.9. The van der Waals surface area contributed by atoms with Crippen LogP contribution in [0.3, 0.4) is 0 Å². The van der Waals surface area contributed by atoms with Gasteiger partial charge < -0.3 is 5.73 Å². The van der Waals surface area contributed by atoms with E-state index < -0.39 is 10.0 Å². The number of piperidine rings is 1. The molecule has 4 nitrogen and oxygen atoms in total. The number of hydrogen-bond acceptors (Lipinski definition) is 3. The molecule has 1 aliphatic heterocycles. The van der Waals surface area contributed by atoms with Gasteiger partial charge in [0.2, 0.25) is 10.0 Å². The van der Waals surface area contributed by atoms with E-state index >= 15 is 0 Å². The summed E-state index contributed by atoms with van der Waals surface area (Å²) >= 11 is 0. The van der Waals surface area contributed by atoms with Crippen LogP contribution in [0.25, 0.3) is 0 Å². The maximum atomic E-state index is 11.7. The third-order valence-electron chi connectivity index (χ3n) is 4.77. The molecule has 2 fully saturated rings. The smallest absolute Gasteiger partial charge is 0.211 e. The van der Waals surface area contributed by atoms with Crippen molar-refractivity contribution in [2.24, 2.45) is 17.6 Å². The minimum atomic E-state index is -3.04. The number of rotatable bonds is 3. The van der Waals surface area contributed by atoms with Gasteiger partial charge in [-0.25, -0.2) is 12.7 Å². The lowest BCUT2D eigenvalue weighted by Crippen LogP contribution is -2.48. The topological polar surface area (TPSA) is 63.4 Å². The van der Waals surface area contributed by atoms with Gasteiger partial charge in [0.1, 0.15) is 0 Å². The SMILES string of the molecule is CC1CCCC(N)(CC2CCCN(S(C)(=O)=O)C2)C1. The second-order valence-electron chi connectivity index (χ2n) is 6.90. The van der Waals surface area contributed by atoms with Crippen LogP contribution in [0.2, 0.25) is 0 Å². The van der Waals surface area contributed by atoms with Crippen LogP contribution in [0.4, 0.5) is 0 Å².